The number of urea groups is 1. The number of hydrogen-bond donors (Lipinski definition) is 3. The number of nitrogens with one attached hydrogen (secondary N) is 1. The molecule has 1 fully saturated rings. The average Bonchev–Trinajstić information content (AvgIpc) is 2.26. The van der Waals surface area contributed by atoms with Crippen molar-refractivity contribution < 1.29 is 19.4 Å². The Labute approximate surface area is 119 Å². The first-order valence-corrected chi connectivity index (χ1v) is 6.86. The fourth-order valence-corrected chi connectivity index (χ4v) is 2.35. The number of piperidine rings is 1. The molecule has 4 N–H and O–H groups in total. The van der Waals surface area contributed by atoms with Crippen LogP contribution < -0.4 is 11.1 Å². The van der Waals surface area contributed by atoms with Gasteiger partial charge in [0, 0.05) is 19.7 Å². The van der Waals surface area contributed by atoms with E-state index in [2.05, 4.69) is 5.32 Å². The van der Waals surface area contributed by atoms with E-state index in [4.69, 9.17) is 15.6 Å². The van der Waals surface area contributed by atoms with Crippen LogP contribution >= 0.6 is 0 Å². The Morgan fingerprint density at radius 2 is 2.05 bits per heavy atom. The molecule has 0 aromatic heterocycles. The molecular weight excluding hydrogens is 262 g/mol. The minimum atomic E-state index is -0.563. The molecule has 7 heteroatoms. The topological polar surface area (TPSA) is 105 Å². The van der Waals surface area contributed by atoms with Gasteiger partial charge in [-0.25, -0.2) is 9.59 Å². The quantitative estimate of drug-likeness (QED) is 0.709. The van der Waals surface area contributed by atoms with Crippen LogP contribution in [0, 0.1) is 5.92 Å². The molecule has 0 radical (unpaired) electrons. The number of aliphatic hydroxyl groups is 1. The lowest BCUT2D eigenvalue weighted by Gasteiger charge is -2.37. The summed E-state index contributed by atoms with van der Waals surface area (Å²) in [4.78, 5) is 24.5. The van der Waals surface area contributed by atoms with Gasteiger partial charge in [0.25, 0.3) is 0 Å². The van der Waals surface area contributed by atoms with Crippen LogP contribution in [0.4, 0.5) is 9.59 Å². The Bertz CT molecular complexity index is 354. The summed E-state index contributed by atoms with van der Waals surface area (Å²) in [6.45, 7) is 6.31. The lowest BCUT2D eigenvalue weighted by Crippen LogP contribution is -2.54. The van der Waals surface area contributed by atoms with Gasteiger partial charge in [-0.05, 0) is 39.5 Å². The highest BCUT2D eigenvalue weighted by Crippen LogP contribution is 2.20. The van der Waals surface area contributed by atoms with E-state index in [0.717, 1.165) is 0 Å². The number of nitrogens with two attached hydrogens (primary N) is 1. The molecule has 1 saturated heterocycles. The second-order valence-electron chi connectivity index (χ2n) is 6.20. The van der Waals surface area contributed by atoms with Crippen molar-refractivity contribution in [3.05, 3.63) is 0 Å². The van der Waals surface area contributed by atoms with Crippen molar-refractivity contribution in [1.29, 1.82) is 0 Å². The van der Waals surface area contributed by atoms with Crippen molar-refractivity contribution in [2.75, 3.05) is 19.7 Å². The van der Waals surface area contributed by atoms with Crippen LogP contribution in [0.1, 0.15) is 33.6 Å². The molecule has 0 aromatic rings. The highest BCUT2D eigenvalue weighted by Gasteiger charge is 2.30. The second-order valence-corrected chi connectivity index (χ2v) is 6.20. The third-order valence-electron chi connectivity index (χ3n) is 3.11. The van der Waals surface area contributed by atoms with Gasteiger partial charge in [-0.3, -0.25) is 0 Å². The number of nitrogens with zero attached hydrogens (tertiary/aromatic N) is 1. The Morgan fingerprint density at radius 1 is 1.40 bits per heavy atom. The van der Waals surface area contributed by atoms with E-state index in [1.165, 1.54) is 4.90 Å². The Morgan fingerprint density at radius 3 is 2.55 bits per heavy atom. The first-order chi connectivity index (χ1) is 9.21. The first kappa shape index (κ1) is 16.6. The molecule has 0 aliphatic carbocycles. The number of amides is 3. The van der Waals surface area contributed by atoms with Crippen LogP contribution in [-0.2, 0) is 4.74 Å². The summed E-state index contributed by atoms with van der Waals surface area (Å²) in [5, 5.41) is 11.8. The van der Waals surface area contributed by atoms with Crippen LogP contribution in [-0.4, -0.2) is 53.5 Å². The van der Waals surface area contributed by atoms with E-state index >= 15 is 0 Å². The standard InChI is InChI=1S/C13H25N3O4/c1-13(2,3)20-12(19)15-10-6-9(4-5-17)7-16(8-10)11(14)18/h9-10,17H,4-8H2,1-3H3,(H2,14,18)(H,15,19). The van der Waals surface area contributed by atoms with Gasteiger partial charge in [-0.1, -0.05) is 0 Å². The van der Waals surface area contributed by atoms with Crippen molar-refractivity contribution in [1.82, 2.24) is 10.2 Å². The number of hydrogen-bond acceptors (Lipinski definition) is 4. The minimum absolute atomic E-state index is 0.0520. The van der Waals surface area contributed by atoms with E-state index in [9.17, 15) is 9.59 Å². The fourth-order valence-electron chi connectivity index (χ4n) is 2.35. The van der Waals surface area contributed by atoms with E-state index in [0.29, 0.717) is 25.9 Å². The lowest BCUT2D eigenvalue weighted by molar-refractivity contribution is 0.0457. The van der Waals surface area contributed by atoms with Gasteiger partial charge in [-0.15, -0.1) is 0 Å². The lowest BCUT2D eigenvalue weighted by atomic mass is 9.92. The molecule has 2 unspecified atom stereocenters. The van der Waals surface area contributed by atoms with Gasteiger partial charge in [-0.2, -0.15) is 0 Å². The number of alkyl carbamates (subject to hydrolysis) is 1. The smallest absolute Gasteiger partial charge is 0.407 e. The van der Waals surface area contributed by atoms with E-state index in [1.807, 2.05) is 0 Å². The molecule has 0 saturated carbocycles. The Kier molecular flexibility index (Phi) is 5.62. The van der Waals surface area contributed by atoms with Crippen molar-refractivity contribution in [2.24, 2.45) is 11.7 Å². The van der Waals surface area contributed by atoms with Gasteiger partial charge < -0.3 is 25.8 Å². The van der Waals surface area contributed by atoms with E-state index < -0.39 is 17.7 Å². The largest absolute Gasteiger partial charge is 0.444 e. The molecule has 3 amide bonds. The number of aliphatic hydroxyl groups excluding tert-OH is 1. The SMILES string of the molecule is CC(C)(C)OC(=O)NC1CC(CCO)CN(C(N)=O)C1. The maximum atomic E-state index is 11.8. The number of carbonyl (C=O) groups excluding carboxylic acids is 2. The Hall–Kier alpha value is -1.50. The van der Waals surface area contributed by atoms with Crippen molar-refractivity contribution in [3.63, 3.8) is 0 Å². The maximum absolute atomic E-state index is 11.8. The van der Waals surface area contributed by atoms with Gasteiger partial charge in [0.1, 0.15) is 5.60 Å². The second kappa shape index (κ2) is 6.78. The highest BCUT2D eigenvalue weighted by atomic mass is 16.6. The van der Waals surface area contributed by atoms with Gasteiger partial charge in [0.2, 0.25) is 0 Å². The summed E-state index contributed by atoms with van der Waals surface area (Å²) in [6, 6.07) is -0.716. The van der Waals surface area contributed by atoms with Crippen LogP contribution in [0.15, 0.2) is 0 Å². The summed E-state index contributed by atoms with van der Waals surface area (Å²) in [5.74, 6) is 0.126. The van der Waals surface area contributed by atoms with Crippen molar-refractivity contribution in [3.8, 4) is 0 Å². The summed E-state index contributed by atoms with van der Waals surface area (Å²) < 4.78 is 5.20. The van der Waals surface area contributed by atoms with Gasteiger partial charge in [0.05, 0.1) is 6.04 Å². The van der Waals surface area contributed by atoms with Crippen LogP contribution in [0.5, 0.6) is 0 Å². The first-order valence-electron chi connectivity index (χ1n) is 6.86. The third-order valence-corrected chi connectivity index (χ3v) is 3.11. The average molecular weight is 287 g/mol. The molecule has 20 heavy (non-hydrogen) atoms. The number of likely N-dealkylation sites (tertiary alicyclic amines) is 1. The number of ether oxygens (including phenoxy) is 1. The van der Waals surface area contributed by atoms with Crippen molar-refractivity contribution in [2.45, 2.75) is 45.3 Å². The number of carbonyl (C=O) groups is 2. The molecule has 1 aliphatic rings. The van der Waals surface area contributed by atoms with Crippen LogP contribution in [0.25, 0.3) is 0 Å². The molecule has 2 atom stereocenters. The van der Waals surface area contributed by atoms with Crippen LogP contribution in [0.3, 0.4) is 0 Å². The predicted octanol–water partition coefficient (Wildman–Crippen LogP) is 0.663. The minimum Gasteiger partial charge on any atom is -0.444 e. The maximum Gasteiger partial charge on any atom is 0.407 e. The normalized spacial score (nSPS) is 23.3. The zero-order valence-electron chi connectivity index (χ0n) is 12.4. The van der Waals surface area contributed by atoms with Crippen molar-refractivity contribution >= 4 is 12.1 Å². The summed E-state index contributed by atoms with van der Waals surface area (Å²) >= 11 is 0. The van der Waals surface area contributed by atoms with E-state index in [1.54, 1.807) is 20.8 Å². The van der Waals surface area contributed by atoms with E-state index in [-0.39, 0.29) is 18.6 Å². The van der Waals surface area contributed by atoms with Gasteiger partial charge >= 0.3 is 12.1 Å². The Balaban J connectivity index is 2.58. The highest BCUT2D eigenvalue weighted by molar-refractivity contribution is 5.72. The predicted molar refractivity (Wildman–Crippen MR) is 74.1 cm³/mol. The molecule has 0 aromatic carbocycles. The molecule has 1 heterocycles. The fraction of sp³-hybridized carbons (Fsp3) is 0.846. The molecule has 0 bridgehead atoms. The summed E-state index contributed by atoms with van der Waals surface area (Å²) in [6.07, 6.45) is 0.774. The number of rotatable bonds is 3. The molecule has 116 valence electrons. The molecule has 1 rings (SSSR count). The third kappa shape index (κ3) is 5.64. The molecule has 7 nitrogen and oxygen atoms in total. The molecular formula is C13H25N3O4. The summed E-state index contributed by atoms with van der Waals surface area (Å²) in [5.41, 5.74) is 4.74. The summed E-state index contributed by atoms with van der Waals surface area (Å²) in [7, 11) is 0. The molecule has 0 spiro atoms. The van der Waals surface area contributed by atoms with Gasteiger partial charge in [0.15, 0.2) is 0 Å². The zero-order valence-corrected chi connectivity index (χ0v) is 12.4. The molecule has 1 aliphatic heterocycles. The zero-order chi connectivity index (χ0) is 15.3. The van der Waals surface area contributed by atoms with Crippen LogP contribution in [0.2, 0.25) is 0 Å². The number of primary amides is 1. The monoisotopic (exact) mass is 287 g/mol.